The maximum absolute atomic E-state index is 14.5. The van der Waals surface area contributed by atoms with Crippen LogP contribution < -0.4 is 10.1 Å². The van der Waals surface area contributed by atoms with E-state index in [0.717, 1.165) is 5.56 Å². The van der Waals surface area contributed by atoms with Gasteiger partial charge in [0.2, 0.25) is 5.90 Å². The lowest BCUT2D eigenvalue weighted by atomic mass is 9.83. The number of halogens is 1. The van der Waals surface area contributed by atoms with Crippen LogP contribution in [-0.4, -0.2) is 56.4 Å². The Morgan fingerprint density at radius 2 is 1.73 bits per heavy atom. The van der Waals surface area contributed by atoms with Gasteiger partial charge in [-0.25, -0.2) is 13.4 Å². The number of hydrogen-bond donors (Lipinski definition) is 2. The topological polar surface area (TPSA) is 163 Å². The molecule has 1 aliphatic heterocycles. The highest BCUT2D eigenvalue weighted by atomic mass is 35.5. The average molecular weight is 702 g/mol. The van der Waals surface area contributed by atoms with Gasteiger partial charge in [0.05, 0.1) is 23.8 Å². The Labute approximate surface area is 290 Å². The lowest BCUT2D eigenvalue weighted by molar-refractivity contribution is -0.129. The molecule has 0 aliphatic carbocycles. The van der Waals surface area contributed by atoms with Crippen molar-refractivity contribution in [2.24, 2.45) is 10.1 Å². The van der Waals surface area contributed by atoms with Gasteiger partial charge in [-0.05, 0) is 77.2 Å². The molecule has 0 saturated heterocycles. The Morgan fingerprint density at radius 1 is 1.02 bits per heavy atom. The van der Waals surface area contributed by atoms with Gasteiger partial charge in [0, 0.05) is 41.5 Å². The smallest absolute Gasteiger partial charge is 0.252 e. The number of ether oxygens (including phenoxy) is 2. The lowest BCUT2D eigenvalue weighted by Gasteiger charge is -2.31. The Morgan fingerprint density at radius 3 is 2.45 bits per heavy atom. The van der Waals surface area contributed by atoms with Crippen LogP contribution in [0.4, 0.5) is 0 Å². The van der Waals surface area contributed by atoms with Crippen LogP contribution in [0, 0.1) is 0 Å². The fourth-order valence-corrected chi connectivity index (χ4v) is 7.06. The zero-order valence-corrected chi connectivity index (χ0v) is 28.2. The van der Waals surface area contributed by atoms with E-state index in [1.165, 1.54) is 12.1 Å². The number of benzene rings is 4. The summed E-state index contributed by atoms with van der Waals surface area (Å²) in [6, 6.07) is 29.4. The number of nitrogens with one attached hydrogen (secondary N) is 1. The number of carbonyl (C=O) groups is 1. The lowest BCUT2D eigenvalue weighted by Crippen LogP contribution is -2.50. The summed E-state index contributed by atoms with van der Waals surface area (Å²) in [7, 11) is -3.83. The number of nitrogens with zero attached hydrogens (tertiary/aromatic N) is 4. The first kappa shape index (κ1) is 35.4. The first-order chi connectivity index (χ1) is 23.8. The Balaban J connectivity index is 1.56. The first-order valence-corrected chi connectivity index (χ1v) is 17.8. The number of carbonyl (C=O) groups excluding carboxylic acids is 1. The van der Waals surface area contributed by atoms with Gasteiger partial charge >= 0.3 is 0 Å². The largest absolute Gasteiger partial charge is 0.494 e. The number of aliphatic hydroxyl groups is 1. The standard InChI is InChI=1S/C36H36ClN5O6S/c37-29-15-11-26(12-16-29)19-21-39-35(44)36(20-24-49(45,46)31-8-2-1-3-9-31)33(32-10-5-4-7-28(32)25-40-42-38)48-34(41-36)27-13-17-30(18-14-27)47-23-6-22-43/h1-5,7-18,33,43H,6,19-25H2,(H,39,44)/t33-,36-/m1/s1. The van der Waals surface area contributed by atoms with Crippen molar-refractivity contribution in [3.05, 3.63) is 141 Å². The molecule has 0 unspecified atom stereocenters. The summed E-state index contributed by atoms with van der Waals surface area (Å²) in [4.78, 5) is 22.5. The van der Waals surface area contributed by atoms with Crippen molar-refractivity contribution < 1.29 is 27.8 Å². The third-order valence-corrected chi connectivity index (χ3v) is 10.1. The summed E-state index contributed by atoms with van der Waals surface area (Å²) in [6.45, 7) is 0.575. The third-order valence-electron chi connectivity index (χ3n) is 8.14. The molecule has 1 aliphatic rings. The Kier molecular flexibility index (Phi) is 11.9. The molecule has 0 radical (unpaired) electrons. The highest BCUT2D eigenvalue weighted by Gasteiger charge is 2.54. The van der Waals surface area contributed by atoms with Crippen LogP contribution in [0.5, 0.6) is 5.75 Å². The second-order valence-corrected chi connectivity index (χ2v) is 13.9. The Hall–Kier alpha value is -4.87. The quantitative estimate of drug-likeness (QED) is 0.0595. The zero-order valence-electron chi connectivity index (χ0n) is 26.6. The summed E-state index contributed by atoms with van der Waals surface area (Å²) in [6.07, 6.45) is -0.289. The van der Waals surface area contributed by atoms with Gasteiger partial charge in [0.15, 0.2) is 21.5 Å². The van der Waals surface area contributed by atoms with E-state index in [4.69, 9.17) is 36.7 Å². The van der Waals surface area contributed by atoms with Gasteiger partial charge in [-0.1, -0.05) is 71.3 Å². The van der Waals surface area contributed by atoms with Gasteiger partial charge < -0.3 is 19.9 Å². The van der Waals surface area contributed by atoms with E-state index in [-0.39, 0.29) is 36.9 Å². The first-order valence-electron chi connectivity index (χ1n) is 15.8. The van der Waals surface area contributed by atoms with E-state index in [9.17, 15) is 13.2 Å². The maximum Gasteiger partial charge on any atom is 0.252 e. The van der Waals surface area contributed by atoms with Crippen LogP contribution in [0.1, 0.15) is 41.2 Å². The SMILES string of the molecule is [N-]=[N+]=NCc1ccccc1[C@H]1OC(c2ccc(OCCCO)cc2)=N[C@@]1(CCS(=O)(=O)c1ccccc1)C(=O)NCCc1ccc(Cl)cc1. The van der Waals surface area contributed by atoms with Crippen LogP contribution >= 0.6 is 11.6 Å². The summed E-state index contributed by atoms with van der Waals surface area (Å²) in [5.41, 5.74) is 10.0. The number of aliphatic hydroxyl groups excluding tert-OH is 1. The van der Waals surface area contributed by atoms with E-state index in [0.29, 0.717) is 46.9 Å². The third kappa shape index (κ3) is 8.79. The van der Waals surface area contributed by atoms with E-state index in [1.54, 1.807) is 78.9 Å². The fourth-order valence-electron chi connectivity index (χ4n) is 5.55. The molecule has 0 spiro atoms. The molecule has 1 amide bonds. The predicted octanol–water partition coefficient (Wildman–Crippen LogP) is 6.39. The molecule has 0 bridgehead atoms. The molecular weight excluding hydrogens is 666 g/mol. The van der Waals surface area contributed by atoms with Crippen molar-refractivity contribution in [1.29, 1.82) is 0 Å². The minimum atomic E-state index is -3.83. The minimum absolute atomic E-state index is 0.00904. The monoisotopic (exact) mass is 701 g/mol. The van der Waals surface area contributed by atoms with Gasteiger partial charge in [-0.15, -0.1) is 0 Å². The van der Waals surface area contributed by atoms with Gasteiger partial charge in [-0.3, -0.25) is 4.79 Å². The molecule has 11 nitrogen and oxygen atoms in total. The van der Waals surface area contributed by atoms with Crippen LogP contribution in [0.15, 0.2) is 118 Å². The Bertz CT molecular complexity index is 1920. The van der Waals surface area contributed by atoms with E-state index in [1.807, 2.05) is 12.1 Å². The normalized spacial score (nSPS) is 17.0. The summed E-state index contributed by atoms with van der Waals surface area (Å²) >= 11 is 6.05. The number of rotatable bonds is 16. The van der Waals surface area contributed by atoms with Crippen molar-refractivity contribution in [3.63, 3.8) is 0 Å². The molecule has 2 atom stereocenters. The molecule has 2 N–H and O–H groups in total. The van der Waals surface area contributed by atoms with Crippen LogP contribution in [0.3, 0.4) is 0 Å². The summed E-state index contributed by atoms with van der Waals surface area (Å²) in [5.74, 6) is -0.177. The van der Waals surface area contributed by atoms with Crippen molar-refractivity contribution >= 4 is 33.2 Å². The maximum atomic E-state index is 14.5. The molecule has 0 fully saturated rings. The second kappa shape index (κ2) is 16.5. The average Bonchev–Trinajstić information content (AvgIpc) is 3.52. The molecule has 0 saturated carbocycles. The zero-order chi connectivity index (χ0) is 34.7. The van der Waals surface area contributed by atoms with Crippen LogP contribution in [0.25, 0.3) is 10.4 Å². The molecular formula is C36H36ClN5O6S. The summed E-state index contributed by atoms with van der Waals surface area (Å²) < 4.78 is 39.4. The van der Waals surface area contributed by atoms with Crippen LogP contribution in [0.2, 0.25) is 5.02 Å². The summed E-state index contributed by atoms with van der Waals surface area (Å²) in [5, 5.41) is 16.4. The van der Waals surface area contributed by atoms with Crippen LogP contribution in [-0.2, 0) is 32.3 Å². The van der Waals surface area contributed by atoms with Crippen molar-refractivity contribution in [2.75, 3.05) is 25.5 Å². The molecule has 254 valence electrons. The highest BCUT2D eigenvalue weighted by molar-refractivity contribution is 7.91. The number of hydrogen-bond acceptors (Lipinski definition) is 8. The molecule has 1 heterocycles. The van der Waals surface area contributed by atoms with E-state index < -0.39 is 33.1 Å². The fraction of sp³-hybridized carbons (Fsp3) is 0.278. The van der Waals surface area contributed by atoms with Gasteiger partial charge in [0.1, 0.15) is 5.75 Å². The van der Waals surface area contributed by atoms with Gasteiger partial charge in [0.25, 0.3) is 5.91 Å². The second-order valence-electron chi connectivity index (χ2n) is 11.4. The van der Waals surface area contributed by atoms with Crippen molar-refractivity contribution in [3.8, 4) is 5.75 Å². The minimum Gasteiger partial charge on any atom is -0.494 e. The van der Waals surface area contributed by atoms with Crippen molar-refractivity contribution in [1.82, 2.24) is 5.32 Å². The van der Waals surface area contributed by atoms with Crippen molar-refractivity contribution in [2.45, 2.75) is 42.3 Å². The molecule has 0 aromatic heterocycles. The number of sulfone groups is 1. The van der Waals surface area contributed by atoms with Gasteiger partial charge in [-0.2, -0.15) is 0 Å². The number of azide groups is 1. The highest BCUT2D eigenvalue weighted by Crippen LogP contribution is 2.44. The molecule has 13 heteroatoms. The molecule has 4 aromatic rings. The number of aliphatic imine (C=N–C) groups is 1. The van der Waals surface area contributed by atoms with E-state index >= 15 is 0 Å². The molecule has 49 heavy (non-hydrogen) atoms. The number of amides is 1. The molecule has 5 rings (SSSR count). The molecule has 4 aromatic carbocycles. The van der Waals surface area contributed by atoms with E-state index in [2.05, 4.69) is 15.3 Å². The predicted molar refractivity (Wildman–Crippen MR) is 187 cm³/mol.